The number of benzene rings is 1. The molecule has 1 N–H and O–H groups in total. The molecule has 0 heterocycles. The standard InChI is InChI=1S/C12H17IO/c1-3-4-9(2)12(14)10-5-7-11(13)8-6-10/h5-9,12,14H,3-4H2,1-2H3. The highest BCUT2D eigenvalue weighted by atomic mass is 127. The molecule has 0 saturated heterocycles. The van der Waals surface area contributed by atoms with Gasteiger partial charge in [-0.05, 0) is 52.6 Å². The van der Waals surface area contributed by atoms with Gasteiger partial charge < -0.3 is 5.11 Å². The molecule has 0 aliphatic heterocycles. The van der Waals surface area contributed by atoms with Crippen molar-refractivity contribution in [3.05, 3.63) is 33.4 Å². The molecule has 0 aliphatic carbocycles. The molecule has 0 spiro atoms. The Morgan fingerprint density at radius 1 is 1.29 bits per heavy atom. The van der Waals surface area contributed by atoms with Gasteiger partial charge in [-0.1, -0.05) is 32.4 Å². The van der Waals surface area contributed by atoms with E-state index in [-0.39, 0.29) is 6.10 Å². The van der Waals surface area contributed by atoms with Crippen molar-refractivity contribution in [2.24, 2.45) is 5.92 Å². The van der Waals surface area contributed by atoms with Gasteiger partial charge in [0, 0.05) is 3.57 Å². The normalized spacial score (nSPS) is 15.1. The maximum absolute atomic E-state index is 10.0. The van der Waals surface area contributed by atoms with E-state index in [1.807, 2.05) is 24.3 Å². The summed E-state index contributed by atoms with van der Waals surface area (Å²) in [6, 6.07) is 8.10. The molecular weight excluding hydrogens is 287 g/mol. The first-order valence-electron chi connectivity index (χ1n) is 5.08. The molecule has 1 aromatic carbocycles. The van der Waals surface area contributed by atoms with Crippen LogP contribution >= 0.6 is 22.6 Å². The van der Waals surface area contributed by atoms with E-state index in [9.17, 15) is 5.11 Å². The lowest BCUT2D eigenvalue weighted by Gasteiger charge is -2.18. The van der Waals surface area contributed by atoms with Crippen molar-refractivity contribution >= 4 is 22.6 Å². The number of hydrogen-bond donors (Lipinski definition) is 1. The van der Waals surface area contributed by atoms with Gasteiger partial charge in [-0.2, -0.15) is 0 Å². The van der Waals surface area contributed by atoms with Crippen molar-refractivity contribution in [2.45, 2.75) is 32.8 Å². The highest BCUT2D eigenvalue weighted by Crippen LogP contribution is 2.25. The van der Waals surface area contributed by atoms with Crippen LogP contribution in [-0.2, 0) is 0 Å². The Labute approximate surface area is 99.7 Å². The Bertz CT molecular complexity index is 268. The van der Waals surface area contributed by atoms with Crippen LogP contribution in [0.25, 0.3) is 0 Å². The van der Waals surface area contributed by atoms with Crippen LogP contribution in [0.1, 0.15) is 38.4 Å². The highest BCUT2D eigenvalue weighted by molar-refractivity contribution is 14.1. The molecule has 0 aliphatic rings. The quantitative estimate of drug-likeness (QED) is 0.840. The van der Waals surface area contributed by atoms with Crippen molar-refractivity contribution in [1.29, 1.82) is 0 Å². The van der Waals surface area contributed by atoms with E-state index in [1.54, 1.807) is 0 Å². The average Bonchev–Trinajstić information content (AvgIpc) is 2.18. The zero-order chi connectivity index (χ0) is 10.6. The third-order valence-electron chi connectivity index (χ3n) is 2.49. The number of aliphatic hydroxyl groups excluding tert-OH is 1. The van der Waals surface area contributed by atoms with Gasteiger partial charge in [-0.15, -0.1) is 0 Å². The Balaban J connectivity index is 2.68. The highest BCUT2D eigenvalue weighted by Gasteiger charge is 2.14. The third-order valence-corrected chi connectivity index (χ3v) is 3.21. The first-order valence-corrected chi connectivity index (χ1v) is 6.16. The van der Waals surface area contributed by atoms with Crippen molar-refractivity contribution < 1.29 is 5.11 Å². The predicted octanol–water partition coefficient (Wildman–Crippen LogP) is 3.76. The van der Waals surface area contributed by atoms with E-state index in [0.717, 1.165) is 18.4 Å². The molecule has 0 aromatic heterocycles. The fourth-order valence-electron chi connectivity index (χ4n) is 1.60. The molecule has 0 amide bonds. The first-order chi connectivity index (χ1) is 6.65. The Morgan fingerprint density at radius 3 is 2.36 bits per heavy atom. The van der Waals surface area contributed by atoms with E-state index in [4.69, 9.17) is 0 Å². The van der Waals surface area contributed by atoms with Gasteiger partial charge in [-0.25, -0.2) is 0 Å². The molecule has 1 aromatic rings. The van der Waals surface area contributed by atoms with Crippen LogP contribution < -0.4 is 0 Å². The van der Waals surface area contributed by atoms with E-state index >= 15 is 0 Å². The van der Waals surface area contributed by atoms with Crippen LogP contribution in [-0.4, -0.2) is 5.11 Å². The molecular formula is C12H17IO. The molecule has 2 atom stereocenters. The van der Waals surface area contributed by atoms with Crippen LogP contribution in [0.5, 0.6) is 0 Å². The maximum Gasteiger partial charge on any atom is 0.0815 e. The first kappa shape index (κ1) is 12.0. The lowest BCUT2D eigenvalue weighted by molar-refractivity contribution is 0.112. The summed E-state index contributed by atoms with van der Waals surface area (Å²) in [4.78, 5) is 0. The van der Waals surface area contributed by atoms with Crippen molar-refractivity contribution in [2.75, 3.05) is 0 Å². The van der Waals surface area contributed by atoms with Crippen molar-refractivity contribution in [1.82, 2.24) is 0 Å². The molecule has 0 radical (unpaired) electrons. The molecule has 78 valence electrons. The van der Waals surface area contributed by atoms with E-state index in [1.165, 1.54) is 3.57 Å². The van der Waals surface area contributed by atoms with Crippen LogP contribution in [0.2, 0.25) is 0 Å². The average molecular weight is 304 g/mol. The molecule has 2 unspecified atom stereocenters. The molecule has 0 fully saturated rings. The van der Waals surface area contributed by atoms with Gasteiger partial charge in [0.25, 0.3) is 0 Å². The van der Waals surface area contributed by atoms with Crippen molar-refractivity contribution in [3.8, 4) is 0 Å². The summed E-state index contributed by atoms with van der Waals surface area (Å²) in [7, 11) is 0. The van der Waals surface area contributed by atoms with Crippen LogP contribution in [0.4, 0.5) is 0 Å². The Morgan fingerprint density at radius 2 is 1.86 bits per heavy atom. The fraction of sp³-hybridized carbons (Fsp3) is 0.500. The molecule has 0 bridgehead atoms. The Kier molecular flexibility index (Phi) is 4.89. The Hall–Kier alpha value is -0.0900. The molecule has 2 heteroatoms. The molecule has 1 nitrogen and oxygen atoms in total. The van der Waals surface area contributed by atoms with Gasteiger partial charge in [0.1, 0.15) is 0 Å². The van der Waals surface area contributed by atoms with E-state index in [0.29, 0.717) is 5.92 Å². The number of halogens is 1. The SMILES string of the molecule is CCCC(C)C(O)c1ccc(I)cc1. The van der Waals surface area contributed by atoms with Gasteiger partial charge in [0.05, 0.1) is 6.10 Å². The lowest BCUT2D eigenvalue weighted by atomic mass is 9.94. The summed E-state index contributed by atoms with van der Waals surface area (Å²) in [6.07, 6.45) is 1.89. The zero-order valence-electron chi connectivity index (χ0n) is 8.70. The lowest BCUT2D eigenvalue weighted by Crippen LogP contribution is -2.08. The summed E-state index contributed by atoms with van der Waals surface area (Å²) in [5.74, 6) is 0.347. The van der Waals surface area contributed by atoms with Gasteiger partial charge in [0.15, 0.2) is 0 Å². The summed E-state index contributed by atoms with van der Waals surface area (Å²) >= 11 is 2.27. The summed E-state index contributed by atoms with van der Waals surface area (Å²) in [5, 5.41) is 10.0. The minimum atomic E-state index is -0.313. The van der Waals surface area contributed by atoms with Crippen LogP contribution in [0, 0.1) is 9.49 Å². The minimum Gasteiger partial charge on any atom is -0.388 e. The van der Waals surface area contributed by atoms with Crippen LogP contribution in [0.3, 0.4) is 0 Å². The summed E-state index contributed by atoms with van der Waals surface area (Å²) in [5.41, 5.74) is 1.03. The monoisotopic (exact) mass is 304 g/mol. The van der Waals surface area contributed by atoms with Crippen LogP contribution in [0.15, 0.2) is 24.3 Å². The van der Waals surface area contributed by atoms with Gasteiger partial charge in [-0.3, -0.25) is 0 Å². The second kappa shape index (κ2) is 5.71. The maximum atomic E-state index is 10.0. The van der Waals surface area contributed by atoms with Gasteiger partial charge >= 0.3 is 0 Å². The predicted molar refractivity (Wildman–Crippen MR) is 68.2 cm³/mol. The van der Waals surface area contributed by atoms with E-state index in [2.05, 4.69) is 36.4 Å². The summed E-state index contributed by atoms with van der Waals surface area (Å²) in [6.45, 7) is 4.25. The van der Waals surface area contributed by atoms with E-state index < -0.39 is 0 Å². The molecule has 14 heavy (non-hydrogen) atoms. The van der Waals surface area contributed by atoms with Gasteiger partial charge in [0.2, 0.25) is 0 Å². The molecule has 0 saturated carbocycles. The number of aliphatic hydroxyl groups is 1. The second-order valence-corrected chi connectivity index (χ2v) is 5.01. The number of hydrogen-bond acceptors (Lipinski definition) is 1. The summed E-state index contributed by atoms with van der Waals surface area (Å²) < 4.78 is 1.21. The minimum absolute atomic E-state index is 0.313. The second-order valence-electron chi connectivity index (χ2n) is 3.76. The third kappa shape index (κ3) is 3.24. The topological polar surface area (TPSA) is 20.2 Å². The largest absolute Gasteiger partial charge is 0.388 e. The molecule has 1 rings (SSSR count). The number of rotatable bonds is 4. The smallest absolute Gasteiger partial charge is 0.0815 e. The van der Waals surface area contributed by atoms with Crippen molar-refractivity contribution in [3.63, 3.8) is 0 Å². The fourth-order valence-corrected chi connectivity index (χ4v) is 1.96. The zero-order valence-corrected chi connectivity index (χ0v) is 10.9.